The van der Waals surface area contributed by atoms with E-state index in [1.54, 1.807) is 43.3 Å². The Morgan fingerprint density at radius 1 is 0.433 bits per heavy atom. The normalized spacial score (nSPS) is 13.1. The fraction of sp³-hybridized carbons (Fsp3) is 0.310. The van der Waals surface area contributed by atoms with Crippen molar-refractivity contribution in [3.63, 3.8) is 0 Å². The predicted octanol–water partition coefficient (Wildman–Crippen LogP) is 13.4. The fourth-order valence-electron chi connectivity index (χ4n) is 8.11. The summed E-state index contributed by atoms with van der Waals surface area (Å²) in [4.78, 5) is 0. The Morgan fingerprint density at radius 2 is 0.836 bits per heavy atom. The number of unbranched alkanes of at least 4 members (excludes halogenated alkanes) is 3. The quantitative estimate of drug-likeness (QED) is 0.0581. The monoisotopic (exact) mass is 889 g/mol. The standard InChI is InChI=1S/C58H59N5O4/c1-8-57(6,66-52-29-20-47(21-30-52)56(4,5)46-18-27-51(28-19-46)65-54-24-14-42(38-60)44(36-54)40-62)33-11-9-10-12-34-64-50-25-16-45(17-26-50)55(2,3)48-22-31-53(32-23-48)67-58(7,63)49-15-13-41(37-59)43(35-49)39-61/h13-32,35-36H,8-12,33-34,63H2,1-7H3. The molecule has 2 N–H and O–H groups in total. The van der Waals surface area contributed by atoms with E-state index in [-0.39, 0.29) is 27.6 Å². The van der Waals surface area contributed by atoms with E-state index < -0.39 is 5.72 Å². The van der Waals surface area contributed by atoms with Crippen LogP contribution in [0.3, 0.4) is 0 Å². The number of nitrogens with zero attached hydrogens (tertiary/aromatic N) is 4. The first-order valence-electron chi connectivity index (χ1n) is 22.8. The maximum atomic E-state index is 9.45. The van der Waals surface area contributed by atoms with Crippen LogP contribution in [0.2, 0.25) is 0 Å². The largest absolute Gasteiger partial charge is 0.494 e. The summed E-state index contributed by atoms with van der Waals surface area (Å²) in [7, 11) is 0. The summed E-state index contributed by atoms with van der Waals surface area (Å²) >= 11 is 0. The second-order valence-electron chi connectivity index (χ2n) is 18.5. The van der Waals surface area contributed by atoms with Gasteiger partial charge in [-0.25, -0.2) is 0 Å². The summed E-state index contributed by atoms with van der Waals surface area (Å²) in [5.41, 5.74) is 10.9. The first-order chi connectivity index (χ1) is 32.0. The third-order valence-electron chi connectivity index (χ3n) is 12.9. The van der Waals surface area contributed by atoms with E-state index in [2.05, 4.69) is 102 Å². The van der Waals surface area contributed by atoms with E-state index in [4.69, 9.17) is 24.7 Å². The Hall–Kier alpha value is -7.56. The minimum atomic E-state index is -1.20. The van der Waals surface area contributed by atoms with Gasteiger partial charge in [-0.05, 0) is 141 Å². The van der Waals surface area contributed by atoms with Gasteiger partial charge in [0.05, 0.1) is 28.9 Å². The van der Waals surface area contributed by atoms with Gasteiger partial charge in [0, 0.05) is 16.4 Å². The van der Waals surface area contributed by atoms with E-state index in [1.165, 1.54) is 5.56 Å². The van der Waals surface area contributed by atoms with Gasteiger partial charge >= 0.3 is 0 Å². The molecular weight excluding hydrogens is 831 g/mol. The highest BCUT2D eigenvalue weighted by Crippen LogP contribution is 2.37. The summed E-state index contributed by atoms with van der Waals surface area (Å²) in [6.07, 6.45) is 6.11. The van der Waals surface area contributed by atoms with Crippen molar-refractivity contribution >= 4 is 0 Å². The first kappa shape index (κ1) is 48.9. The molecule has 0 aliphatic rings. The number of nitrogens with two attached hydrogens (primary N) is 1. The molecule has 0 saturated carbocycles. The van der Waals surface area contributed by atoms with Crippen LogP contribution in [0.4, 0.5) is 0 Å². The third kappa shape index (κ3) is 12.0. The van der Waals surface area contributed by atoms with Gasteiger partial charge in [-0.2, -0.15) is 21.0 Å². The Bertz CT molecular complexity index is 2800. The molecule has 0 aliphatic heterocycles. The van der Waals surface area contributed by atoms with Crippen LogP contribution in [0.25, 0.3) is 0 Å². The van der Waals surface area contributed by atoms with Gasteiger partial charge in [-0.1, -0.05) is 102 Å². The molecule has 67 heavy (non-hydrogen) atoms. The Morgan fingerprint density at radius 3 is 1.33 bits per heavy atom. The van der Waals surface area contributed by atoms with Crippen molar-refractivity contribution in [3.8, 4) is 53.0 Å². The molecule has 0 radical (unpaired) electrons. The van der Waals surface area contributed by atoms with E-state index in [0.29, 0.717) is 40.5 Å². The highest BCUT2D eigenvalue weighted by molar-refractivity contribution is 5.51. The van der Waals surface area contributed by atoms with Crippen LogP contribution < -0.4 is 24.7 Å². The molecule has 2 unspecified atom stereocenters. The zero-order chi connectivity index (χ0) is 48.2. The SMILES string of the molecule is CCC(C)(CCCCCCOc1ccc(C(C)(C)c2ccc(OC(C)(N)c3ccc(C#N)c(C#N)c3)cc2)cc1)Oc1ccc(C(C)(C)c2ccc(Oc3ccc(C#N)c(C#N)c3)cc2)cc1. The molecule has 340 valence electrons. The molecule has 0 spiro atoms. The summed E-state index contributed by atoms with van der Waals surface area (Å²) in [5.74, 6) is 3.48. The van der Waals surface area contributed by atoms with Crippen LogP contribution in [0, 0.1) is 45.3 Å². The predicted molar refractivity (Wildman–Crippen MR) is 262 cm³/mol. The maximum absolute atomic E-state index is 9.45. The lowest BCUT2D eigenvalue weighted by Crippen LogP contribution is -2.39. The van der Waals surface area contributed by atoms with Crippen molar-refractivity contribution in [1.29, 1.82) is 21.0 Å². The molecule has 0 bridgehead atoms. The molecule has 6 rings (SSSR count). The van der Waals surface area contributed by atoms with Crippen LogP contribution in [0.15, 0.2) is 133 Å². The van der Waals surface area contributed by atoms with Crippen molar-refractivity contribution in [2.45, 2.75) is 109 Å². The first-order valence-corrected chi connectivity index (χ1v) is 22.8. The molecule has 0 aromatic heterocycles. The molecule has 9 heteroatoms. The molecule has 0 amide bonds. The topological polar surface area (TPSA) is 158 Å². The second kappa shape index (κ2) is 21.2. The number of hydrogen-bond donors (Lipinski definition) is 1. The van der Waals surface area contributed by atoms with Gasteiger partial charge in [0.25, 0.3) is 0 Å². The molecule has 2 atom stereocenters. The van der Waals surface area contributed by atoms with Crippen LogP contribution >= 0.6 is 0 Å². The maximum Gasteiger partial charge on any atom is 0.181 e. The van der Waals surface area contributed by atoms with Crippen LogP contribution in [-0.2, 0) is 16.6 Å². The third-order valence-corrected chi connectivity index (χ3v) is 12.9. The smallest absolute Gasteiger partial charge is 0.181 e. The van der Waals surface area contributed by atoms with Crippen LogP contribution in [0.1, 0.15) is 137 Å². The molecule has 0 heterocycles. The minimum absolute atomic E-state index is 0.262. The average molecular weight is 890 g/mol. The molecule has 6 aromatic rings. The Kier molecular flexibility index (Phi) is 15.4. The second-order valence-corrected chi connectivity index (χ2v) is 18.5. The van der Waals surface area contributed by atoms with Gasteiger partial charge in [0.1, 0.15) is 58.6 Å². The van der Waals surface area contributed by atoms with E-state index >= 15 is 0 Å². The summed E-state index contributed by atoms with van der Waals surface area (Å²) < 4.78 is 24.9. The van der Waals surface area contributed by atoms with Crippen molar-refractivity contribution in [3.05, 3.63) is 184 Å². The van der Waals surface area contributed by atoms with E-state index in [1.807, 2.05) is 60.7 Å². The lowest BCUT2D eigenvalue weighted by atomic mass is 9.78. The Labute approximate surface area is 396 Å². The Balaban J connectivity index is 0.920. The molecule has 0 fully saturated rings. The van der Waals surface area contributed by atoms with Crippen molar-refractivity contribution in [1.82, 2.24) is 0 Å². The molecule has 0 saturated heterocycles. The summed E-state index contributed by atoms with van der Waals surface area (Å²) in [6.45, 7) is 15.6. The van der Waals surface area contributed by atoms with Crippen LogP contribution in [-0.4, -0.2) is 12.2 Å². The molecule has 9 nitrogen and oxygen atoms in total. The minimum Gasteiger partial charge on any atom is -0.494 e. The lowest BCUT2D eigenvalue weighted by molar-refractivity contribution is 0.0717. The van der Waals surface area contributed by atoms with E-state index in [0.717, 1.165) is 66.7 Å². The van der Waals surface area contributed by atoms with Gasteiger partial charge in [0.2, 0.25) is 0 Å². The summed E-state index contributed by atoms with van der Waals surface area (Å²) in [5, 5.41) is 37.3. The molecule has 6 aromatic carbocycles. The zero-order valence-corrected chi connectivity index (χ0v) is 39.7. The fourth-order valence-corrected chi connectivity index (χ4v) is 8.11. The van der Waals surface area contributed by atoms with Crippen molar-refractivity contribution in [2.75, 3.05) is 6.61 Å². The molecule has 0 aliphatic carbocycles. The lowest BCUT2D eigenvalue weighted by Gasteiger charge is -2.31. The van der Waals surface area contributed by atoms with Crippen LogP contribution in [0.5, 0.6) is 28.7 Å². The number of benzene rings is 6. The average Bonchev–Trinajstić information content (AvgIpc) is 3.34. The number of ether oxygens (including phenoxy) is 4. The van der Waals surface area contributed by atoms with Gasteiger partial charge in [-0.15, -0.1) is 0 Å². The molecular formula is C58H59N5O4. The van der Waals surface area contributed by atoms with Crippen molar-refractivity contribution < 1.29 is 18.9 Å². The van der Waals surface area contributed by atoms with Crippen molar-refractivity contribution in [2.24, 2.45) is 5.73 Å². The highest BCUT2D eigenvalue weighted by Gasteiger charge is 2.28. The van der Waals surface area contributed by atoms with Gasteiger partial charge < -0.3 is 18.9 Å². The highest BCUT2D eigenvalue weighted by atomic mass is 16.5. The number of nitriles is 4. The van der Waals surface area contributed by atoms with Gasteiger partial charge in [-0.3, -0.25) is 5.73 Å². The number of rotatable bonds is 20. The van der Waals surface area contributed by atoms with E-state index in [9.17, 15) is 21.0 Å². The summed E-state index contributed by atoms with van der Waals surface area (Å²) in [6, 6.07) is 50.6. The number of hydrogen-bond acceptors (Lipinski definition) is 9. The van der Waals surface area contributed by atoms with Gasteiger partial charge in [0.15, 0.2) is 5.72 Å². The zero-order valence-electron chi connectivity index (χ0n) is 39.7.